The van der Waals surface area contributed by atoms with Crippen LogP contribution in [0.4, 0.5) is 4.79 Å². The van der Waals surface area contributed by atoms with Gasteiger partial charge in [-0.25, -0.2) is 4.79 Å². The predicted octanol–water partition coefficient (Wildman–Crippen LogP) is 3.88. The largest absolute Gasteiger partial charge is 0.497 e. The molecule has 5 nitrogen and oxygen atoms in total. The van der Waals surface area contributed by atoms with Crippen LogP contribution in [0.3, 0.4) is 0 Å². The molecule has 5 heteroatoms. The van der Waals surface area contributed by atoms with Crippen LogP contribution in [0.15, 0.2) is 60.8 Å². The second kappa shape index (κ2) is 8.43. The number of rotatable bonds is 7. The van der Waals surface area contributed by atoms with E-state index in [0.717, 1.165) is 24.3 Å². The quantitative estimate of drug-likeness (QED) is 0.657. The average Bonchev–Trinajstić information content (AvgIpc) is 3.08. The molecule has 0 saturated heterocycles. The third-order valence-corrected chi connectivity index (χ3v) is 4.43. The Morgan fingerprint density at radius 2 is 2.00 bits per heavy atom. The standard InChI is InChI=1S/C21H25N3O2/c1-23(16-17-7-5-9-19(15-17)26-2)21(25)22-12-6-13-24-14-11-18-8-3-4-10-20(18)24/h3-5,7-11,14-15H,6,12-13,16H2,1-2H3,(H,22,25). The lowest BCUT2D eigenvalue weighted by atomic mass is 10.2. The van der Waals surface area contributed by atoms with Gasteiger partial charge in [-0.1, -0.05) is 30.3 Å². The highest BCUT2D eigenvalue weighted by Crippen LogP contribution is 2.15. The number of aromatic nitrogens is 1. The van der Waals surface area contributed by atoms with Crippen molar-refractivity contribution in [2.75, 3.05) is 20.7 Å². The summed E-state index contributed by atoms with van der Waals surface area (Å²) in [6, 6.07) is 18.1. The van der Waals surface area contributed by atoms with Gasteiger partial charge in [0.25, 0.3) is 0 Å². The highest BCUT2D eigenvalue weighted by atomic mass is 16.5. The number of carbonyl (C=O) groups excluding carboxylic acids is 1. The Labute approximate surface area is 154 Å². The van der Waals surface area contributed by atoms with E-state index in [4.69, 9.17) is 4.74 Å². The molecular formula is C21H25N3O2. The van der Waals surface area contributed by atoms with Crippen molar-refractivity contribution in [2.24, 2.45) is 0 Å². The van der Waals surface area contributed by atoms with Crippen molar-refractivity contribution in [3.05, 3.63) is 66.4 Å². The number of methoxy groups -OCH3 is 1. The number of carbonyl (C=O) groups is 1. The van der Waals surface area contributed by atoms with Crippen LogP contribution >= 0.6 is 0 Å². The van der Waals surface area contributed by atoms with E-state index in [1.807, 2.05) is 36.4 Å². The Bertz CT molecular complexity index is 872. The topological polar surface area (TPSA) is 46.5 Å². The summed E-state index contributed by atoms with van der Waals surface area (Å²) in [6.45, 7) is 2.08. The van der Waals surface area contributed by atoms with Crippen LogP contribution in [0, 0.1) is 0 Å². The maximum atomic E-state index is 12.3. The summed E-state index contributed by atoms with van der Waals surface area (Å²) in [5.41, 5.74) is 2.27. The van der Waals surface area contributed by atoms with Gasteiger partial charge in [-0.05, 0) is 41.6 Å². The summed E-state index contributed by atoms with van der Waals surface area (Å²) in [7, 11) is 3.44. The van der Waals surface area contributed by atoms with Gasteiger partial charge >= 0.3 is 6.03 Å². The van der Waals surface area contributed by atoms with Crippen LogP contribution in [0.2, 0.25) is 0 Å². The fraction of sp³-hybridized carbons (Fsp3) is 0.286. The Kier molecular flexibility index (Phi) is 5.79. The van der Waals surface area contributed by atoms with Crippen LogP contribution in [-0.2, 0) is 13.1 Å². The molecule has 0 aliphatic heterocycles. The van der Waals surface area contributed by atoms with Crippen LogP contribution in [-0.4, -0.2) is 36.2 Å². The first kappa shape index (κ1) is 17.9. The summed E-state index contributed by atoms with van der Waals surface area (Å²) in [6.07, 6.45) is 2.98. The number of hydrogen-bond acceptors (Lipinski definition) is 2. The van der Waals surface area contributed by atoms with E-state index in [2.05, 4.69) is 34.3 Å². The number of aryl methyl sites for hydroxylation is 1. The highest BCUT2D eigenvalue weighted by Gasteiger charge is 2.09. The van der Waals surface area contributed by atoms with E-state index in [0.29, 0.717) is 13.1 Å². The number of ether oxygens (including phenoxy) is 1. The molecule has 0 atom stereocenters. The van der Waals surface area contributed by atoms with Gasteiger partial charge in [0.15, 0.2) is 0 Å². The number of urea groups is 1. The van der Waals surface area contributed by atoms with E-state index in [1.54, 1.807) is 19.1 Å². The van der Waals surface area contributed by atoms with Crippen molar-refractivity contribution < 1.29 is 9.53 Å². The summed E-state index contributed by atoms with van der Waals surface area (Å²) in [5.74, 6) is 0.801. The molecule has 3 rings (SSSR count). The fourth-order valence-corrected chi connectivity index (χ4v) is 3.03. The van der Waals surface area contributed by atoms with E-state index < -0.39 is 0 Å². The van der Waals surface area contributed by atoms with Crippen LogP contribution in [0.5, 0.6) is 5.75 Å². The SMILES string of the molecule is COc1cccc(CN(C)C(=O)NCCCn2ccc3ccccc32)c1. The molecule has 0 spiro atoms. The number of amides is 2. The zero-order chi connectivity index (χ0) is 18.4. The van der Waals surface area contributed by atoms with Crippen molar-refractivity contribution in [3.8, 4) is 5.75 Å². The Balaban J connectivity index is 1.44. The first-order chi connectivity index (χ1) is 12.7. The molecule has 0 saturated carbocycles. The minimum atomic E-state index is -0.0646. The minimum absolute atomic E-state index is 0.0646. The number of para-hydroxylation sites is 1. The second-order valence-corrected chi connectivity index (χ2v) is 6.36. The zero-order valence-electron chi connectivity index (χ0n) is 15.3. The maximum absolute atomic E-state index is 12.3. The molecule has 1 aromatic heterocycles. The van der Waals surface area contributed by atoms with Crippen molar-refractivity contribution in [1.29, 1.82) is 0 Å². The van der Waals surface area contributed by atoms with Gasteiger partial charge in [0.2, 0.25) is 0 Å². The number of nitrogens with zero attached hydrogens (tertiary/aromatic N) is 2. The summed E-state index contributed by atoms with van der Waals surface area (Å²) < 4.78 is 7.44. The lowest BCUT2D eigenvalue weighted by Gasteiger charge is -2.18. The fourth-order valence-electron chi connectivity index (χ4n) is 3.03. The predicted molar refractivity (Wildman–Crippen MR) is 104 cm³/mol. The summed E-state index contributed by atoms with van der Waals surface area (Å²) >= 11 is 0. The third kappa shape index (κ3) is 4.36. The molecular weight excluding hydrogens is 326 g/mol. The molecule has 1 heterocycles. The van der Waals surface area contributed by atoms with Crippen LogP contribution in [0.25, 0.3) is 10.9 Å². The minimum Gasteiger partial charge on any atom is -0.497 e. The smallest absolute Gasteiger partial charge is 0.317 e. The van der Waals surface area contributed by atoms with E-state index in [-0.39, 0.29) is 6.03 Å². The van der Waals surface area contributed by atoms with Gasteiger partial charge in [0.05, 0.1) is 7.11 Å². The van der Waals surface area contributed by atoms with Crippen LogP contribution < -0.4 is 10.1 Å². The monoisotopic (exact) mass is 351 g/mol. The Morgan fingerprint density at radius 1 is 1.15 bits per heavy atom. The Morgan fingerprint density at radius 3 is 2.85 bits per heavy atom. The van der Waals surface area contributed by atoms with Gasteiger partial charge in [-0.3, -0.25) is 0 Å². The molecule has 0 unspecified atom stereocenters. The van der Waals surface area contributed by atoms with Crippen molar-refractivity contribution in [1.82, 2.24) is 14.8 Å². The van der Waals surface area contributed by atoms with E-state index in [9.17, 15) is 4.79 Å². The molecule has 2 amide bonds. The molecule has 0 bridgehead atoms. The number of benzene rings is 2. The van der Waals surface area contributed by atoms with Gasteiger partial charge in [0, 0.05) is 38.4 Å². The van der Waals surface area contributed by atoms with Gasteiger partial charge in [0.1, 0.15) is 5.75 Å². The average molecular weight is 351 g/mol. The number of hydrogen-bond donors (Lipinski definition) is 1. The van der Waals surface area contributed by atoms with E-state index >= 15 is 0 Å². The zero-order valence-corrected chi connectivity index (χ0v) is 15.3. The molecule has 1 N–H and O–H groups in total. The Hall–Kier alpha value is -2.95. The molecule has 0 fully saturated rings. The van der Waals surface area contributed by atoms with Gasteiger partial charge in [-0.2, -0.15) is 0 Å². The van der Waals surface area contributed by atoms with Crippen molar-refractivity contribution >= 4 is 16.9 Å². The summed E-state index contributed by atoms with van der Waals surface area (Å²) in [5, 5.41) is 4.23. The molecule has 136 valence electrons. The molecule has 2 aromatic carbocycles. The molecule has 26 heavy (non-hydrogen) atoms. The number of fused-ring (bicyclic) bond motifs is 1. The summed E-state index contributed by atoms with van der Waals surface area (Å²) in [4.78, 5) is 13.9. The molecule has 0 aliphatic carbocycles. The van der Waals surface area contributed by atoms with Crippen molar-refractivity contribution in [3.63, 3.8) is 0 Å². The van der Waals surface area contributed by atoms with Crippen molar-refractivity contribution in [2.45, 2.75) is 19.5 Å². The third-order valence-electron chi connectivity index (χ3n) is 4.43. The first-order valence-corrected chi connectivity index (χ1v) is 8.83. The lowest BCUT2D eigenvalue weighted by Crippen LogP contribution is -2.37. The van der Waals surface area contributed by atoms with E-state index in [1.165, 1.54) is 10.9 Å². The van der Waals surface area contributed by atoms with Gasteiger partial charge in [-0.15, -0.1) is 0 Å². The molecule has 0 aliphatic rings. The maximum Gasteiger partial charge on any atom is 0.317 e. The van der Waals surface area contributed by atoms with Gasteiger partial charge < -0.3 is 19.5 Å². The van der Waals surface area contributed by atoms with Crippen LogP contribution in [0.1, 0.15) is 12.0 Å². The lowest BCUT2D eigenvalue weighted by molar-refractivity contribution is 0.206. The molecule has 3 aromatic rings. The normalized spacial score (nSPS) is 10.7. The highest BCUT2D eigenvalue weighted by molar-refractivity contribution is 5.79. The molecule has 0 radical (unpaired) electrons. The first-order valence-electron chi connectivity index (χ1n) is 8.83. The second-order valence-electron chi connectivity index (χ2n) is 6.36. The number of nitrogens with one attached hydrogen (secondary N) is 1.